The number of para-hydroxylation sites is 1. The molecule has 0 aliphatic carbocycles. The molecule has 4 aromatic rings. The van der Waals surface area contributed by atoms with Gasteiger partial charge in [0.2, 0.25) is 5.89 Å². The molecule has 0 saturated carbocycles. The van der Waals surface area contributed by atoms with Crippen LogP contribution >= 0.6 is 11.3 Å². The first-order valence-electron chi connectivity index (χ1n) is 12.9. The molecule has 12 heteroatoms. The number of aliphatic carboxylic acids is 1. The number of carbonyl (C=O) groups is 1. The van der Waals surface area contributed by atoms with Gasteiger partial charge >= 0.3 is 11.7 Å². The van der Waals surface area contributed by atoms with Crippen molar-refractivity contribution in [1.29, 1.82) is 0 Å². The maximum atomic E-state index is 14.1. The average Bonchev–Trinajstić information content (AvgIpc) is 3.59. The quantitative estimate of drug-likeness (QED) is 0.318. The van der Waals surface area contributed by atoms with Gasteiger partial charge in [0.1, 0.15) is 28.5 Å². The zero-order valence-corrected chi connectivity index (χ0v) is 23.5. The number of nitrogens with zero attached hydrogens (tertiary/aromatic N) is 3. The molecule has 0 amide bonds. The lowest BCUT2D eigenvalue weighted by atomic mass is 10.0. The minimum Gasteiger partial charge on any atom is -0.496 e. The van der Waals surface area contributed by atoms with Gasteiger partial charge in [0, 0.05) is 12.2 Å². The Bertz CT molecular complexity index is 1640. The Morgan fingerprint density at radius 3 is 2.73 bits per heavy atom. The fourth-order valence-corrected chi connectivity index (χ4v) is 6.24. The van der Waals surface area contributed by atoms with Crippen molar-refractivity contribution in [3.8, 4) is 16.5 Å². The Hall–Kier alpha value is -3.74. The van der Waals surface area contributed by atoms with E-state index in [0.717, 1.165) is 17.4 Å². The number of rotatable bonds is 9. The van der Waals surface area contributed by atoms with Crippen LogP contribution in [0, 0.1) is 6.92 Å². The van der Waals surface area contributed by atoms with Gasteiger partial charge in [0.25, 0.3) is 5.56 Å². The van der Waals surface area contributed by atoms with E-state index in [9.17, 15) is 19.5 Å². The summed E-state index contributed by atoms with van der Waals surface area (Å²) in [6.07, 6.45) is 3.66. The Morgan fingerprint density at radius 2 is 2.08 bits per heavy atom. The third-order valence-electron chi connectivity index (χ3n) is 7.23. The first-order valence-corrected chi connectivity index (χ1v) is 13.8. The zero-order valence-electron chi connectivity index (χ0n) is 22.7. The van der Waals surface area contributed by atoms with Crippen LogP contribution in [-0.4, -0.2) is 51.6 Å². The summed E-state index contributed by atoms with van der Waals surface area (Å²) >= 11 is 1.19. The van der Waals surface area contributed by atoms with E-state index in [-0.39, 0.29) is 18.0 Å². The van der Waals surface area contributed by atoms with Crippen LogP contribution in [0.2, 0.25) is 0 Å². The second-order valence-corrected chi connectivity index (χ2v) is 11.2. The summed E-state index contributed by atoms with van der Waals surface area (Å²) in [5, 5.41) is 10.2. The SMILES string of the molecule is COc1ccccc1[C@H](Cn1c(=O)n(C(C)(C)C(=O)O)c(=O)c2c(C)c(-c3ncco3)sc21)OC1CCCOC1. The van der Waals surface area contributed by atoms with Crippen molar-refractivity contribution < 1.29 is 28.5 Å². The molecule has 1 aliphatic heterocycles. The van der Waals surface area contributed by atoms with Crippen LogP contribution in [0.25, 0.3) is 21.0 Å². The van der Waals surface area contributed by atoms with E-state index in [1.165, 1.54) is 42.2 Å². The minimum absolute atomic E-state index is 0.00678. The second kappa shape index (κ2) is 11.0. The summed E-state index contributed by atoms with van der Waals surface area (Å²) < 4.78 is 25.5. The van der Waals surface area contributed by atoms with Crippen molar-refractivity contribution >= 4 is 27.5 Å². The van der Waals surface area contributed by atoms with Gasteiger partial charge in [-0.15, -0.1) is 11.3 Å². The van der Waals surface area contributed by atoms with E-state index in [1.807, 2.05) is 24.3 Å². The molecular weight excluding hydrogens is 538 g/mol. The zero-order chi connectivity index (χ0) is 28.6. The third kappa shape index (κ3) is 4.87. The molecule has 1 unspecified atom stereocenters. The van der Waals surface area contributed by atoms with Crippen molar-refractivity contribution in [1.82, 2.24) is 14.1 Å². The van der Waals surface area contributed by atoms with Crippen LogP contribution in [0.1, 0.15) is 43.9 Å². The molecular formula is C28H31N3O8S. The molecule has 3 aromatic heterocycles. The van der Waals surface area contributed by atoms with Crippen molar-refractivity contribution in [2.24, 2.45) is 0 Å². The van der Waals surface area contributed by atoms with Gasteiger partial charge in [0.05, 0.1) is 42.8 Å². The molecule has 212 valence electrons. The van der Waals surface area contributed by atoms with E-state index in [1.54, 1.807) is 14.0 Å². The molecule has 4 heterocycles. The maximum Gasteiger partial charge on any atom is 0.333 e. The van der Waals surface area contributed by atoms with Crippen LogP contribution in [-0.2, 0) is 26.4 Å². The van der Waals surface area contributed by atoms with Crippen molar-refractivity contribution in [2.75, 3.05) is 20.3 Å². The van der Waals surface area contributed by atoms with E-state index in [4.69, 9.17) is 18.6 Å². The number of hydrogen-bond acceptors (Lipinski definition) is 9. The number of aryl methyl sites for hydroxylation is 1. The summed E-state index contributed by atoms with van der Waals surface area (Å²) in [6, 6.07) is 7.37. The fourth-order valence-electron chi connectivity index (χ4n) is 5.00. The smallest absolute Gasteiger partial charge is 0.333 e. The van der Waals surface area contributed by atoms with Crippen LogP contribution in [0.5, 0.6) is 5.75 Å². The maximum absolute atomic E-state index is 14.1. The highest BCUT2D eigenvalue weighted by atomic mass is 32.1. The van der Waals surface area contributed by atoms with Gasteiger partial charge in [-0.1, -0.05) is 18.2 Å². The second-order valence-electron chi connectivity index (χ2n) is 10.2. The number of carboxylic acid groups (broad SMARTS) is 1. The van der Waals surface area contributed by atoms with Gasteiger partial charge in [-0.05, 0) is 45.2 Å². The Balaban J connectivity index is 1.76. The monoisotopic (exact) mass is 569 g/mol. The van der Waals surface area contributed by atoms with Crippen molar-refractivity contribution in [3.05, 3.63) is 68.7 Å². The number of carboxylic acids is 1. The van der Waals surface area contributed by atoms with Gasteiger partial charge in [-0.2, -0.15) is 0 Å². The molecule has 40 heavy (non-hydrogen) atoms. The first-order chi connectivity index (χ1) is 19.1. The molecule has 1 N–H and O–H groups in total. The number of aromatic nitrogens is 3. The lowest BCUT2D eigenvalue weighted by Gasteiger charge is -2.30. The molecule has 11 nitrogen and oxygen atoms in total. The van der Waals surface area contributed by atoms with Crippen LogP contribution < -0.4 is 16.0 Å². The molecule has 1 saturated heterocycles. The molecule has 0 radical (unpaired) electrons. The summed E-state index contributed by atoms with van der Waals surface area (Å²) in [6.45, 7) is 5.46. The number of ether oxygens (including phenoxy) is 3. The third-order valence-corrected chi connectivity index (χ3v) is 8.53. The van der Waals surface area contributed by atoms with Crippen LogP contribution in [0.3, 0.4) is 0 Å². The molecule has 5 rings (SSSR count). The largest absolute Gasteiger partial charge is 0.496 e. The van der Waals surface area contributed by atoms with E-state index >= 15 is 0 Å². The van der Waals surface area contributed by atoms with Crippen molar-refractivity contribution in [3.63, 3.8) is 0 Å². The highest BCUT2D eigenvalue weighted by molar-refractivity contribution is 7.22. The minimum atomic E-state index is -1.82. The Kier molecular flexibility index (Phi) is 7.67. The summed E-state index contributed by atoms with van der Waals surface area (Å²) in [5.74, 6) is -0.427. The summed E-state index contributed by atoms with van der Waals surface area (Å²) in [5.41, 5.74) is -2.00. The van der Waals surface area contributed by atoms with E-state index in [0.29, 0.717) is 45.7 Å². The highest BCUT2D eigenvalue weighted by Gasteiger charge is 2.36. The molecule has 0 spiro atoms. The van der Waals surface area contributed by atoms with Crippen LogP contribution in [0.15, 0.2) is 50.7 Å². The number of fused-ring (bicyclic) bond motifs is 1. The Morgan fingerprint density at radius 1 is 1.30 bits per heavy atom. The summed E-state index contributed by atoms with van der Waals surface area (Å²) in [7, 11) is 1.56. The first kappa shape index (κ1) is 27.8. The lowest BCUT2D eigenvalue weighted by molar-refractivity contribution is -0.146. The molecule has 0 bridgehead atoms. The summed E-state index contributed by atoms with van der Waals surface area (Å²) in [4.78, 5) is 45.3. The topological polar surface area (TPSA) is 135 Å². The number of hydrogen-bond donors (Lipinski definition) is 1. The van der Waals surface area contributed by atoms with Gasteiger partial charge in [0.15, 0.2) is 0 Å². The highest BCUT2D eigenvalue weighted by Crippen LogP contribution is 2.37. The number of benzene rings is 1. The molecule has 1 aliphatic rings. The van der Waals surface area contributed by atoms with Crippen molar-refractivity contribution in [2.45, 2.75) is 57.9 Å². The van der Waals surface area contributed by atoms with Gasteiger partial charge in [-0.3, -0.25) is 9.36 Å². The van der Waals surface area contributed by atoms with Gasteiger partial charge in [-0.25, -0.2) is 19.1 Å². The standard InChI is InChI=1S/C28H31N3O8S/c1-16-21-24(32)31(28(2,3)26(33)34)27(35)30(25(21)40-22(16)23-29-11-13-38-23)14-20(39-17-8-7-12-37-15-17)18-9-5-6-10-19(18)36-4/h5-6,9-11,13,17,20H,7-8,12,14-15H2,1-4H3,(H,33,34)/t17?,20-/m0/s1. The lowest BCUT2D eigenvalue weighted by Crippen LogP contribution is -2.52. The number of oxazole rings is 1. The predicted octanol–water partition coefficient (Wildman–Crippen LogP) is 3.95. The molecule has 2 atom stereocenters. The fraction of sp³-hybridized carbons (Fsp3) is 0.429. The van der Waals surface area contributed by atoms with Crippen LogP contribution in [0.4, 0.5) is 0 Å². The van der Waals surface area contributed by atoms with Gasteiger partial charge < -0.3 is 23.7 Å². The van der Waals surface area contributed by atoms with E-state index in [2.05, 4.69) is 4.98 Å². The number of thiophene rings is 1. The normalized spacial score (nSPS) is 16.8. The predicted molar refractivity (Wildman–Crippen MR) is 148 cm³/mol. The molecule has 1 fully saturated rings. The Labute approximate surface area is 233 Å². The molecule has 1 aromatic carbocycles. The van der Waals surface area contributed by atoms with E-state index < -0.39 is 28.9 Å². The number of methoxy groups -OCH3 is 1. The average molecular weight is 570 g/mol.